The lowest BCUT2D eigenvalue weighted by Crippen LogP contribution is -2.12. The Hall–Kier alpha value is -3.36. The van der Waals surface area contributed by atoms with Gasteiger partial charge in [-0.3, -0.25) is 9.59 Å². The number of carbonyl (C=O) groups is 2. The third-order valence-electron chi connectivity index (χ3n) is 4.41. The summed E-state index contributed by atoms with van der Waals surface area (Å²) in [5.41, 5.74) is 4.39. The molecule has 0 radical (unpaired) electrons. The first-order valence-corrected chi connectivity index (χ1v) is 10.9. The van der Waals surface area contributed by atoms with E-state index in [2.05, 4.69) is 20.6 Å². The first kappa shape index (κ1) is 19.9. The van der Waals surface area contributed by atoms with E-state index < -0.39 is 0 Å². The summed E-state index contributed by atoms with van der Waals surface area (Å²) in [5.74, 6) is -0.313. The predicted octanol–water partition coefficient (Wildman–Crippen LogP) is 5.43. The van der Waals surface area contributed by atoms with Crippen molar-refractivity contribution in [2.45, 2.75) is 6.92 Å². The van der Waals surface area contributed by atoms with Crippen LogP contribution in [0.2, 0.25) is 0 Å². The molecule has 4 aromatic rings. The van der Waals surface area contributed by atoms with E-state index in [-0.39, 0.29) is 11.7 Å². The van der Waals surface area contributed by atoms with Crippen LogP contribution in [-0.4, -0.2) is 28.7 Å². The normalized spacial score (nSPS) is 10.6. The topological polar surface area (TPSA) is 84.0 Å². The lowest BCUT2D eigenvalue weighted by atomic mass is 10.2. The van der Waals surface area contributed by atoms with Crippen molar-refractivity contribution in [3.63, 3.8) is 0 Å². The quantitative estimate of drug-likeness (QED) is 0.395. The Morgan fingerprint density at radius 3 is 1.77 bits per heavy atom. The molecule has 0 unspecified atom stereocenters. The maximum atomic E-state index is 12.6. The number of nitrogens with one attached hydrogen (secondary N) is 2. The molecule has 0 fully saturated rings. The van der Waals surface area contributed by atoms with Crippen molar-refractivity contribution in [1.82, 2.24) is 9.97 Å². The van der Waals surface area contributed by atoms with Gasteiger partial charge < -0.3 is 10.6 Å². The molecule has 2 heterocycles. The number of Topliss-reactive ketones (excluding diaryl/α,β-unsaturated/α-hetero) is 1. The number of thiazole rings is 2. The van der Waals surface area contributed by atoms with Gasteiger partial charge in [0.1, 0.15) is 21.4 Å². The number of carbonyl (C=O) groups excluding carboxylic acids is 2. The highest BCUT2D eigenvalue weighted by atomic mass is 32.1. The summed E-state index contributed by atoms with van der Waals surface area (Å²) >= 11 is 2.85. The van der Waals surface area contributed by atoms with E-state index in [4.69, 9.17) is 0 Å². The van der Waals surface area contributed by atoms with Crippen LogP contribution in [-0.2, 0) is 0 Å². The van der Waals surface area contributed by atoms with Crippen molar-refractivity contribution in [3.05, 3.63) is 70.7 Å². The van der Waals surface area contributed by atoms with E-state index in [0.717, 1.165) is 26.8 Å². The summed E-state index contributed by atoms with van der Waals surface area (Å²) < 4.78 is 0. The Morgan fingerprint density at radius 2 is 1.27 bits per heavy atom. The SMILES string of the molecule is CNc1ccc(-c2nc(C(=O)Nc3ccc(-c4nc(C(C)=O)cs4)cc3)cs2)cc1. The van der Waals surface area contributed by atoms with Gasteiger partial charge in [-0.05, 0) is 48.5 Å². The van der Waals surface area contributed by atoms with Gasteiger partial charge in [-0.15, -0.1) is 22.7 Å². The summed E-state index contributed by atoms with van der Waals surface area (Å²) in [4.78, 5) is 32.8. The van der Waals surface area contributed by atoms with Crippen molar-refractivity contribution < 1.29 is 9.59 Å². The number of rotatable bonds is 6. The van der Waals surface area contributed by atoms with E-state index in [1.54, 1.807) is 10.8 Å². The summed E-state index contributed by atoms with van der Waals surface area (Å²) in [6, 6.07) is 15.3. The standard InChI is InChI=1S/C22H18N4O2S2/c1-13(27)18-11-29-21(25-18)15-5-9-17(10-6-15)24-20(28)19-12-30-22(26-19)14-3-7-16(23-2)8-4-14/h3-12,23H,1-2H3,(H,24,28). The highest BCUT2D eigenvalue weighted by Gasteiger charge is 2.13. The number of benzene rings is 2. The van der Waals surface area contributed by atoms with Crippen LogP contribution in [0.5, 0.6) is 0 Å². The van der Waals surface area contributed by atoms with Crippen molar-refractivity contribution >= 4 is 45.7 Å². The van der Waals surface area contributed by atoms with Gasteiger partial charge in [-0.1, -0.05) is 0 Å². The molecule has 0 aliphatic carbocycles. The Labute approximate surface area is 181 Å². The second kappa shape index (κ2) is 8.56. The summed E-state index contributed by atoms with van der Waals surface area (Å²) in [5, 5.41) is 11.0. The van der Waals surface area contributed by atoms with Crippen LogP contribution in [0.1, 0.15) is 27.9 Å². The van der Waals surface area contributed by atoms with Crippen LogP contribution in [0.3, 0.4) is 0 Å². The molecule has 0 saturated heterocycles. The minimum Gasteiger partial charge on any atom is -0.388 e. The molecule has 8 heteroatoms. The molecule has 0 spiro atoms. The number of ketones is 1. The molecule has 6 nitrogen and oxygen atoms in total. The monoisotopic (exact) mass is 434 g/mol. The molecular formula is C22H18N4O2S2. The zero-order valence-electron chi connectivity index (χ0n) is 16.3. The second-order valence-corrected chi connectivity index (χ2v) is 8.21. The van der Waals surface area contributed by atoms with Crippen LogP contribution in [0.4, 0.5) is 11.4 Å². The number of hydrogen-bond acceptors (Lipinski definition) is 7. The number of nitrogens with zero attached hydrogens (tertiary/aromatic N) is 2. The molecule has 2 aromatic heterocycles. The molecule has 2 aromatic carbocycles. The average Bonchev–Trinajstić information content (AvgIpc) is 3.45. The molecule has 2 N–H and O–H groups in total. The molecule has 0 atom stereocenters. The van der Waals surface area contributed by atoms with Gasteiger partial charge in [0.05, 0.1) is 0 Å². The van der Waals surface area contributed by atoms with Gasteiger partial charge in [0.25, 0.3) is 5.91 Å². The Kier molecular flexibility index (Phi) is 5.69. The van der Waals surface area contributed by atoms with Crippen LogP contribution in [0, 0.1) is 0 Å². The zero-order valence-corrected chi connectivity index (χ0v) is 17.9. The third-order valence-corrected chi connectivity index (χ3v) is 6.19. The van der Waals surface area contributed by atoms with Crippen molar-refractivity contribution in [2.24, 2.45) is 0 Å². The fourth-order valence-electron chi connectivity index (χ4n) is 2.75. The summed E-state index contributed by atoms with van der Waals surface area (Å²) in [7, 11) is 1.87. The molecule has 30 heavy (non-hydrogen) atoms. The Morgan fingerprint density at radius 1 is 0.767 bits per heavy atom. The lowest BCUT2D eigenvalue weighted by Gasteiger charge is -2.04. The molecular weight excluding hydrogens is 416 g/mol. The first-order valence-electron chi connectivity index (χ1n) is 9.15. The Balaban J connectivity index is 1.44. The maximum Gasteiger partial charge on any atom is 0.275 e. The van der Waals surface area contributed by atoms with Gasteiger partial charge in [-0.2, -0.15) is 0 Å². The highest BCUT2D eigenvalue weighted by Crippen LogP contribution is 2.27. The van der Waals surface area contributed by atoms with Gasteiger partial charge in [-0.25, -0.2) is 9.97 Å². The fraction of sp³-hybridized carbons (Fsp3) is 0.0909. The van der Waals surface area contributed by atoms with E-state index >= 15 is 0 Å². The summed E-state index contributed by atoms with van der Waals surface area (Å²) in [6.45, 7) is 1.50. The molecule has 0 bridgehead atoms. The van der Waals surface area contributed by atoms with Crippen molar-refractivity contribution in [1.29, 1.82) is 0 Å². The van der Waals surface area contributed by atoms with Crippen LogP contribution in [0.15, 0.2) is 59.3 Å². The second-order valence-electron chi connectivity index (χ2n) is 6.49. The molecule has 0 aliphatic rings. The minimum atomic E-state index is -0.259. The van der Waals surface area contributed by atoms with Crippen LogP contribution >= 0.6 is 22.7 Å². The maximum absolute atomic E-state index is 12.6. The zero-order chi connectivity index (χ0) is 21.1. The fourth-order valence-corrected chi connectivity index (χ4v) is 4.42. The molecule has 0 saturated carbocycles. The van der Waals surface area contributed by atoms with Gasteiger partial charge in [0, 0.05) is 47.2 Å². The number of aromatic nitrogens is 2. The Bertz CT molecular complexity index is 1190. The van der Waals surface area contributed by atoms with Crippen LogP contribution < -0.4 is 10.6 Å². The number of anilines is 2. The molecule has 4 rings (SSSR count). The number of amides is 1. The largest absolute Gasteiger partial charge is 0.388 e. The first-order chi connectivity index (χ1) is 14.5. The lowest BCUT2D eigenvalue weighted by molar-refractivity contribution is 0.100. The molecule has 1 amide bonds. The number of hydrogen-bond donors (Lipinski definition) is 2. The van der Waals surface area contributed by atoms with Crippen molar-refractivity contribution in [2.75, 3.05) is 17.7 Å². The summed E-state index contributed by atoms with van der Waals surface area (Å²) in [6.07, 6.45) is 0. The van der Waals surface area contributed by atoms with Crippen molar-refractivity contribution in [3.8, 4) is 21.1 Å². The molecule has 150 valence electrons. The smallest absolute Gasteiger partial charge is 0.275 e. The van der Waals surface area contributed by atoms with E-state index in [0.29, 0.717) is 17.1 Å². The van der Waals surface area contributed by atoms with Gasteiger partial charge in [0.15, 0.2) is 5.78 Å². The molecule has 0 aliphatic heterocycles. The van der Waals surface area contributed by atoms with E-state index in [9.17, 15) is 9.59 Å². The van der Waals surface area contributed by atoms with Gasteiger partial charge in [0.2, 0.25) is 0 Å². The minimum absolute atomic E-state index is 0.0537. The third kappa shape index (κ3) is 4.29. The van der Waals surface area contributed by atoms with Crippen LogP contribution in [0.25, 0.3) is 21.1 Å². The van der Waals surface area contributed by atoms with Gasteiger partial charge >= 0.3 is 0 Å². The van der Waals surface area contributed by atoms with E-state index in [1.807, 2.05) is 55.6 Å². The van der Waals surface area contributed by atoms with E-state index in [1.165, 1.54) is 29.6 Å². The predicted molar refractivity (Wildman–Crippen MR) is 123 cm³/mol. The highest BCUT2D eigenvalue weighted by molar-refractivity contribution is 7.13. The average molecular weight is 435 g/mol.